The Labute approximate surface area is 326 Å². The van der Waals surface area contributed by atoms with Crippen molar-refractivity contribution in [3.8, 4) is 11.6 Å². The van der Waals surface area contributed by atoms with Crippen molar-refractivity contribution in [2.45, 2.75) is 141 Å². The Morgan fingerprint density at radius 1 is 1.11 bits per heavy atom. The van der Waals surface area contributed by atoms with E-state index in [-0.39, 0.29) is 48.0 Å². The number of hydrogen-bond acceptors (Lipinski definition) is 10. The lowest BCUT2D eigenvalue weighted by molar-refractivity contribution is -0.141. The van der Waals surface area contributed by atoms with Crippen molar-refractivity contribution in [3.63, 3.8) is 0 Å². The maximum absolute atomic E-state index is 15.1. The molecule has 1 aromatic carbocycles. The number of allylic oxidation sites excluding steroid dienone is 1. The first-order valence-corrected chi connectivity index (χ1v) is 20.6. The van der Waals surface area contributed by atoms with Gasteiger partial charge < -0.3 is 29.7 Å². The van der Waals surface area contributed by atoms with Crippen LogP contribution in [0.3, 0.4) is 0 Å². The second-order valence-corrected chi connectivity index (χ2v) is 18.6. The van der Waals surface area contributed by atoms with Gasteiger partial charge in [-0.25, -0.2) is 27.0 Å². The first-order chi connectivity index (χ1) is 26.2. The number of rotatable bonds is 8. The van der Waals surface area contributed by atoms with Crippen LogP contribution in [0.5, 0.6) is 11.6 Å². The monoisotopic (exact) mass is 805 g/mol. The SMILES string of the molecule is CC(C)Oc1cc(OC2CC3C(=O)NC(C(=O)NS(=O)(=O)C4(C)CC4)C(C)C=CCCCCCC(NC(=O)OC(C)(C)C)C(=O)N3C2)c2ccc(F)c(F)c2n1. The van der Waals surface area contributed by atoms with Gasteiger partial charge in [0.05, 0.1) is 17.4 Å². The van der Waals surface area contributed by atoms with Gasteiger partial charge in [-0.05, 0) is 85.8 Å². The highest BCUT2D eigenvalue weighted by molar-refractivity contribution is 7.91. The van der Waals surface area contributed by atoms with E-state index in [0.717, 1.165) is 12.5 Å². The van der Waals surface area contributed by atoms with Crippen LogP contribution in [0.1, 0.15) is 99.8 Å². The Morgan fingerprint density at radius 2 is 1.82 bits per heavy atom. The van der Waals surface area contributed by atoms with Crippen molar-refractivity contribution in [1.82, 2.24) is 25.2 Å². The van der Waals surface area contributed by atoms with Crippen molar-refractivity contribution in [1.29, 1.82) is 0 Å². The number of nitrogens with one attached hydrogen (secondary N) is 3. The summed E-state index contributed by atoms with van der Waals surface area (Å²) in [7, 11) is -4.06. The average Bonchev–Trinajstić information content (AvgIpc) is 3.72. The topological polar surface area (TPSA) is 182 Å². The van der Waals surface area contributed by atoms with Crippen molar-refractivity contribution < 1.29 is 50.6 Å². The molecular weight excluding hydrogens is 753 g/mol. The van der Waals surface area contributed by atoms with Gasteiger partial charge >= 0.3 is 6.09 Å². The number of carbonyl (C=O) groups is 4. The van der Waals surface area contributed by atoms with Gasteiger partial charge in [0.15, 0.2) is 11.6 Å². The predicted octanol–water partition coefficient (Wildman–Crippen LogP) is 5.18. The number of halogens is 2. The van der Waals surface area contributed by atoms with Crippen molar-refractivity contribution in [3.05, 3.63) is 42.0 Å². The zero-order chi connectivity index (χ0) is 41.2. The molecule has 308 valence electrons. The predicted molar refractivity (Wildman–Crippen MR) is 203 cm³/mol. The number of carbonyl (C=O) groups excluding carboxylic acids is 4. The Bertz CT molecular complexity index is 1970. The third-order valence-electron chi connectivity index (χ3n) is 10.0. The fraction of sp³-hybridized carbons (Fsp3) is 0.615. The Balaban J connectivity index is 1.51. The maximum atomic E-state index is 15.1. The molecule has 0 spiro atoms. The number of sulfonamides is 1. The van der Waals surface area contributed by atoms with Crippen molar-refractivity contribution in [2.24, 2.45) is 5.92 Å². The molecule has 2 aromatic rings. The number of ether oxygens (including phenoxy) is 3. The lowest BCUT2D eigenvalue weighted by Crippen LogP contribution is -2.58. The highest BCUT2D eigenvalue weighted by atomic mass is 32.2. The lowest BCUT2D eigenvalue weighted by Gasteiger charge is -2.31. The summed E-state index contributed by atoms with van der Waals surface area (Å²) in [5, 5.41) is 5.52. The minimum Gasteiger partial charge on any atom is -0.488 e. The second-order valence-electron chi connectivity index (χ2n) is 16.4. The number of alkyl carbamates (subject to hydrolysis) is 1. The van der Waals surface area contributed by atoms with Crippen LogP contribution in [-0.2, 0) is 29.1 Å². The third kappa shape index (κ3) is 10.2. The highest BCUT2D eigenvalue weighted by Gasteiger charge is 2.52. The molecule has 4 amide bonds. The van der Waals surface area contributed by atoms with Crippen LogP contribution in [0.15, 0.2) is 30.4 Å². The van der Waals surface area contributed by atoms with Crippen LogP contribution in [0.25, 0.3) is 10.9 Å². The number of hydrogen-bond donors (Lipinski definition) is 3. The van der Waals surface area contributed by atoms with Crippen LogP contribution >= 0.6 is 0 Å². The molecule has 0 bridgehead atoms. The lowest BCUT2D eigenvalue weighted by atomic mass is 9.99. The van der Waals surface area contributed by atoms with Gasteiger partial charge in [-0.1, -0.05) is 31.9 Å². The number of aromatic nitrogens is 1. The summed E-state index contributed by atoms with van der Waals surface area (Å²) in [6, 6.07) is -0.0604. The molecule has 5 unspecified atom stereocenters. The van der Waals surface area contributed by atoms with Crippen LogP contribution in [0.4, 0.5) is 13.6 Å². The molecule has 5 atom stereocenters. The number of amides is 4. The number of benzene rings is 1. The smallest absolute Gasteiger partial charge is 0.408 e. The summed E-state index contributed by atoms with van der Waals surface area (Å²) in [6.07, 6.45) is 4.97. The summed E-state index contributed by atoms with van der Waals surface area (Å²) in [5.74, 6) is -5.26. The van der Waals surface area contributed by atoms with Gasteiger partial charge in [0, 0.05) is 23.8 Å². The molecule has 14 nitrogen and oxygen atoms in total. The van der Waals surface area contributed by atoms with E-state index in [1.165, 1.54) is 17.0 Å². The molecule has 3 aliphatic rings. The molecule has 1 aromatic heterocycles. The maximum Gasteiger partial charge on any atom is 0.408 e. The molecule has 1 aliphatic carbocycles. The quantitative estimate of drug-likeness (QED) is 0.301. The molecule has 3 heterocycles. The summed E-state index contributed by atoms with van der Waals surface area (Å²) >= 11 is 0. The van der Waals surface area contributed by atoms with Crippen LogP contribution in [0, 0.1) is 17.6 Å². The minimum absolute atomic E-state index is 0.0406. The van der Waals surface area contributed by atoms with Gasteiger partial charge in [0.1, 0.15) is 41.1 Å². The summed E-state index contributed by atoms with van der Waals surface area (Å²) in [6.45, 7) is 11.6. The van der Waals surface area contributed by atoms with E-state index < -0.39 is 86.0 Å². The molecule has 5 rings (SSSR count). The average molecular weight is 806 g/mol. The zero-order valence-electron chi connectivity index (χ0n) is 32.9. The van der Waals surface area contributed by atoms with E-state index in [1.807, 2.05) is 6.08 Å². The largest absolute Gasteiger partial charge is 0.488 e. The Morgan fingerprint density at radius 3 is 2.48 bits per heavy atom. The number of nitrogens with zero attached hydrogens (tertiary/aromatic N) is 2. The van der Waals surface area contributed by atoms with E-state index in [9.17, 15) is 32.0 Å². The normalized spacial score (nSPS) is 24.8. The van der Waals surface area contributed by atoms with Gasteiger partial charge in [-0.2, -0.15) is 0 Å². The van der Waals surface area contributed by atoms with E-state index in [0.29, 0.717) is 32.1 Å². The summed E-state index contributed by atoms with van der Waals surface area (Å²) < 4.78 is 74.2. The highest BCUT2D eigenvalue weighted by Crippen LogP contribution is 2.42. The first kappa shape index (κ1) is 42.6. The summed E-state index contributed by atoms with van der Waals surface area (Å²) in [4.78, 5) is 60.9. The fourth-order valence-electron chi connectivity index (χ4n) is 6.70. The molecular formula is C39H53F2N5O9S. The van der Waals surface area contributed by atoms with E-state index >= 15 is 4.39 Å². The van der Waals surface area contributed by atoms with Crippen molar-refractivity contribution in [2.75, 3.05) is 6.54 Å². The fourth-order valence-corrected chi connectivity index (χ4v) is 7.98. The van der Waals surface area contributed by atoms with Crippen LogP contribution in [0.2, 0.25) is 0 Å². The molecule has 2 fully saturated rings. The standard InChI is InChI=1S/C39H53F2N5O9S/c1-22(2)53-30-20-29(25-15-16-26(40)31(41)33(25)43-30)54-24-19-28-34(47)44-32(35(48)45-56(51,52)39(7)17-18-39)23(3)13-11-9-8-10-12-14-27(36(49)46(28)21-24)42-37(50)55-38(4,5)6/h11,13,15-16,20,22-24,27-28,32H,8-10,12,14,17-19,21H2,1-7H3,(H,42,50)(H,44,47)(H,45,48). The molecule has 0 radical (unpaired) electrons. The first-order valence-electron chi connectivity index (χ1n) is 19.1. The molecule has 17 heteroatoms. The summed E-state index contributed by atoms with van der Waals surface area (Å²) in [5.41, 5.74) is -1.20. The second kappa shape index (κ2) is 16.9. The van der Waals surface area contributed by atoms with Gasteiger partial charge in [0.2, 0.25) is 27.7 Å². The minimum atomic E-state index is -4.06. The molecule has 56 heavy (non-hydrogen) atoms. The molecule has 2 aliphatic heterocycles. The number of fused-ring (bicyclic) bond motifs is 2. The van der Waals surface area contributed by atoms with Gasteiger partial charge in [0.25, 0.3) is 5.91 Å². The van der Waals surface area contributed by atoms with Gasteiger partial charge in [-0.15, -0.1) is 0 Å². The molecule has 1 saturated carbocycles. The van der Waals surface area contributed by atoms with E-state index in [1.54, 1.807) is 54.5 Å². The Kier molecular flexibility index (Phi) is 12.9. The van der Waals surface area contributed by atoms with E-state index in [4.69, 9.17) is 14.2 Å². The molecule has 3 N–H and O–H groups in total. The van der Waals surface area contributed by atoms with E-state index in [2.05, 4.69) is 20.3 Å². The Hall–Kier alpha value is -4.54. The third-order valence-corrected chi connectivity index (χ3v) is 12.2. The zero-order valence-corrected chi connectivity index (χ0v) is 33.8. The van der Waals surface area contributed by atoms with Gasteiger partial charge in [-0.3, -0.25) is 19.1 Å². The van der Waals surface area contributed by atoms with Crippen LogP contribution in [-0.4, -0.2) is 89.3 Å². The van der Waals surface area contributed by atoms with Crippen LogP contribution < -0.4 is 24.8 Å². The number of pyridine rings is 1. The molecule has 1 saturated heterocycles. The van der Waals surface area contributed by atoms with Crippen molar-refractivity contribution >= 4 is 44.7 Å².